The number of benzene rings is 1. The van der Waals surface area contributed by atoms with E-state index in [2.05, 4.69) is 5.32 Å². The number of hydrogen-bond donors (Lipinski definition) is 1. The lowest BCUT2D eigenvalue weighted by atomic mass is 9.97. The molecule has 2 rings (SSSR count). The molecule has 0 aliphatic carbocycles. The van der Waals surface area contributed by atoms with Gasteiger partial charge in [0.2, 0.25) is 5.91 Å². The van der Waals surface area contributed by atoms with Crippen LogP contribution in [0.1, 0.15) is 18.9 Å². The van der Waals surface area contributed by atoms with Gasteiger partial charge in [-0.2, -0.15) is 0 Å². The standard InChI is InChI=1S/C13H15NO3/c1-2-17-13(16)10-7-9-5-3-4-6-11(9)14-12(15)8-10/h3-6,10H,2,7-8H2,1H3,(H,14,15)/t10-/m1/s1. The van der Waals surface area contributed by atoms with Crippen LogP contribution in [0.2, 0.25) is 0 Å². The topological polar surface area (TPSA) is 55.4 Å². The Hall–Kier alpha value is -1.84. The fourth-order valence-corrected chi connectivity index (χ4v) is 2.01. The van der Waals surface area contributed by atoms with Gasteiger partial charge in [0.15, 0.2) is 0 Å². The van der Waals surface area contributed by atoms with Gasteiger partial charge in [-0.15, -0.1) is 0 Å². The average molecular weight is 233 g/mol. The summed E-state index contributed by atoms with van der Waals surface area (Å²) in [6, 6.07) is 7.54. The fourth-order valence-electron chi connectivity index (χ4n) is 2.01. The molecule has 0 radical (unpaired) electrons. The molecule has 1 heterocycles. The van der Waals surface area contributed by atoms with Gasteiger partial charge in [-0.05, 0) is 25.0 Å². The number of para-hydroxylation sites is 1. The molecule has 1 atom stereocenters. The number of fused-ring (bicyclic) bond motifs is 1. The zero-order valence-electron chi connectivity index (χ0n) is 9.73. The molecular formula is C13H15NO3. The lowest BCUT2D eigenvalue weighted by Gasteiger charge is -2.11. The molecule has 4 heteroatoms. The molecule has 0 bridgehead atoms. The molecule has 1 aliphatic rings. The Morgan fingerprint density at radius 2 is 2.18 bits per heavy atom. The highest BCUT2D eigenvalue weighted by atomic mass is 16.5. The summed E-state index contributed by atoms with van der Waals surface area (Å²) in [5.74, 6) is -0.800. The van der Waals surface area contributed by atoms with Crippen LogP contribution < -0.4 is 5.32 Å². The minimum atomic E-state index is -0.376. The van der Waals surface area contributed by atoms with Crippen molar-refractivity contribution >= 4 is 17.6 Å². The molecule has 0 fully saturated rings. The Morgan fingerprint density at radius 1 is 1.41 bits per heavy atom. The van der Waals surface area contributed by atoms with Crippen molar-refractivity contribution in [3.63, 3.8) is 0 Å². The van der Waals surface area contributed by atoms with Crippen molar-refractivity contribution in [2.45, 2.75) is 19.8 Å². The molecular weight excluding hydrogens is 218 g/mol. The molecule has 1 aromatic carbocycles. The van der Waals surface area contributed by atoms with Crippen molar-refractivity contribution in [3.8, 4) is 0 Å². The third kappa shape index (κ3) is 2.64. The van der Waals surface area contributed by atoms with Crippen LogP contribution in [-0.2, 0) is 20.7 Å². The molecule has 0 unspecified atom stereocenters. The molecule has 1 amide bonds. The van der Waals surface area contributed by atoms with E-state index in [-0.39, 0.29) is 24.2 Å². The van der Waals surface area contributed by atoms with E-state index in [9.17, 15) is 9.59 Å². The minimum absolute atomic E-state index is 0.131. The molecule has 0 saturated carbocycles. The van der Waals surface area contributed by atoms with Crippen LogP contribution in [0.15, 0.2) is 24.3 Å². The Bertz CT molecular complexity index is 442. The summed E-state index contributed by atoms with van der Waals surface area (Å²) >= 11 is 0. The predicted octanol–water partition coefficient (Wildman–Crippen LogP) is 1.75. The number of amides is 1. The third-order valence-corrected chi connectivity index (χ3v) is 2.81. The predicted molar refractivity (Wildman–Crippen MR) is 63.5 cm³/mol. The SMILES string of the molecule is CCOC(=O)[C@H]1CC(=O)Nc2ccccc2C1. The Labute approximate surface area is 100.0 Å². The average Bonchev–Trinajstić information content (AvgIpc) is 2.47. The van der Waals surface area contributed by atoms with Gasteiger partial charge in [-0.25, -0.2) is 0 Å². The van der Waals surface area contributed by atoms with Crippen molar-refractivity contribution in [1.82, 2.24) is 0 Å². The maximum Gasteiger partial charge on any atom is 0.309 e. The van der Waals surface area contributed by atoms with Crippen LogP contribution in [0, 0.1) is 5.92 Å². The van der Waals surface area contributed by atoms with Crippen LogP contribution in [0.4, 0.5) is 5.69 Å². The first-order valence-corrected chi connectivity index (χ1v) is 5.75. The lowest BCUT2D eigenvalue weighted by Crippen LogP contribution is -2.23. The van der Waals surface area contributed by atoms with Crippen molar-refractivity contribution in [1.29, 1.82) is 0 Å². The van der Waals surface area contributed by atoms with Gasteiger partial charge in [0, 0.05) is 12.1 Å². The van der Waals surface area contributed by atoms with E-state index in [1.807, 2.05) is 24.3 Å². The number of carbonyl (C=O) groups is 2. The molecule has 0 saturated heterocycles. The molecule has 0 spiro atoms. The number of rotatable bonds is 2. The first-order chi connectivity index (χ1) is 8.20. The molecule has 0 aromatic heterocycles. The van der Waals surface area contributed by atoms with Crippen molar-refractivity contribution in [3.05, 3.63) is 29.8 Å². The summed E-state index contributed by atoms with van der Waals surface area (Å²) in [6.07, 6.45) is 0.737. The van der Waals surface area contributed by atoms with Crippen LogP contribution in [0.3, 0.4) is 0 Å². The molecule has 4 nitrogen and oxygen atoms in total. The van der Waals surface area contributed by atoms with Gasteiger partial charge < -0.3 is 10.1 Å². The zero-order valence-corrected chi connectivity index (χ0v) is 9.73. The molecule has 17 heavy (non-hydrogen) atoms. The lowest BCUT2D eigenvalue weighted by molar-refractivity contribution is -0.149. The highest BCUT2D eigenvalue weighted by molar-refractivity contribution is 5.95. The van der Waals surface area contributed by atoms with Gasteiger partial charge in [-0.3, -0.25) is 9.59 Å². The van der Waals surface area contributed by atoms with Crippen LogP contribution >= 0.6 is 0 Å². The van der Waals surface area contributed by atoms with Crippen molar-refractivity contribution < 1.29 is 14.3 Å². The first-order valence-electron chi connectivity index (χ1n) is 5.75. The van der Waals surface area contributed by atoms with Gasteiger partial charge in [-0.1, -0.05) is 18.2 Å². The number of hydrogen-bond acceptors (Lipinski definition) is 3. The van der Waals surface area contributed by atoms with Crippen LogP contribution in [0.5, 0.6) is 0 Å². The largest absolute Gasteiger partial charge is 0.466 e. The minimum Gasteiger partial charge on any atom is -0.466 e. The Kier molecular flexibility index (Phi) is 3.42. The number of esters is 1. The summed E-state index contributed by atoms with van der Waals surface area (Å²) < 4.78 is 4.98. The van der Waals surface area contributed by atoms with Crippen molar-refractivity contribution in [2.75, 3.05) is 11.9 Å². The van der Waals surface area contributed by atoms with Crippen molar-refractivity contribution in [2.24, 2.45) is 5.92 Å². The van der Waals surface area contributed by atoms with Gasteiger partial charge in [0.25, 0.3) is 0 Å². The summed E-state index contributed by atoms with van der Waals surface area (Å²) in [7, 11) is 0. The number of ether oxygens (including phenoxy) is 1. The molecule has 1 aliphatic heterocycles. The molecule has 1 aromatic rings. The van der Waals surface area contributed by atoms with E-state index < -0.39 is 0 Å². The highest BCUT2D eigenvalue weighted by Gasteiger charge is 2.27. The van der Waals surface area contributed by atoms with Gasteiger partial charge in [0.05, 0.1) is 12.5 Å². The Morgan fingerprint density at radius 3 is 2.94 bits per heavy atom. The van der Waals surface area contributed by atoms with E-state index in [0.717, 1.165) is 11.3 Å². The smallest absolute Gasteiger partial charge is 0.309 e. The van der Waals surface area contributed by atoms with E-state index in [1.54, 1.807) is 6.92 Å². The van der Waals surface area contributed by atoms with Gasteiger partial charge >= 0.3 is 5.97 Å². The fraction of sp³-hybridized carbons (Fsp3) is 0.385. The Balaban J connectivity index is 2.23. The maximum atomic E-state index is 11.7. The number of nitrogens with one attached hydrogen (secondary N) is 1. The second kappa shape index (κ2) is 4.99. The summed E-state index contributed by atoms with van der Waals surface area (Å²) in [5.41, 5.74) is 1.78. The van der Waals surface area contributed by atoms with E-state index in [1.165, 1.54) is 0 Å². The third-order valence-electron chi connectivity index (χ3n) is 2.81. The summed E-state index contributed by atoms with van der Waals surface area (Å²) in [6.45, 7) is 2.11. The monoisotopic (exact) mass is 233 g/mol. The summed E-state index contributed by atoms with van der Waals surface area (Å²) in [5, 5.41) is 2.80. The van der Waals surface area contributed by atoms with E-state index >= 15 is 0 Å². The molecule has 90 valence electrons. The number of carbonyl (C=O) groups excluding carboxylic acids is 2. The number of anilines is 1. The summed E-state index contributed by atoms with van der Waals surface area (Å²) in [4.78, 5) is 23.4. The van der Waals surface area contributed by atoms with Crippen LogP contribution in [-0.4, -0.2) is 18.5 Å². The normalized spacial score (nSPS) is 18.9. The van der Waals surface area contributed by atoms with Crippen LogP contribution in [0.25, 0.3) is 0 Å². The second-order valence-corrected chi connectivity index (χ2v) is 4.06. The maximum absolute atomic E-state index is 11.7. The molecule has 1 N–H and O–H groups in total. The van der Waals surface area contributed by atoms with E-state index in [4.69, 9.17) is 4.74 Å². The zero-order chi connectivity index (χ0) is 12.3. The van der Waals surface area contributed by atoms with Gasteiger partial charge in [0.1, 0.15) is 0 Å². The first kappa shape index (κ1) is 11.6. The van der Waals surface area contributed by atoms with E-state index in [0.29, 0.717) is 13.0 Å². The quantitative estimate of drug-likeness (QED) is 0.792. The highest BCUT2D eigenvalue weighted by Crippen LogP contribution is 2.25. The second-order valence-electron chi connectivity index (χ2n) is 4.06.